The zero-order valence-corrected chi connectivity index (χ0v) is 22.6. The molecule has 0 unspecified atom stereocenters. The van der Waals surface area contributed by atoms with Crippen molar-refractivity contribution >= 4 is 11.8 Å². The Morgan fingerprint density at radius 2 is 1.90 bits per heavy atom. The third-order valence-corrected chi connectivity index (χ3v) is 7.04. The zero-order valence-electron chi connectivity index (χ0n) is 22.6. The van der Waals surface area contributed by atoms with Crippen molar-refractivity contribution in [1.29, 1.82) is 0 Å². The molecule has 2 heterocycles. The lowest BCUT2D eigenvalue weighted by molar-refractivity contribution is -0.184. The van der Waals surface area contributed by atoms with Crippen molar-refractivity contribution < 1.29 is 27.8 Å². The van der Waals surface area contributed by atoms with Crippen molar-refractivity contribution in [3.63, 3.8) is 0 Å². The first-order chi connectivity index (χ1) is 18.4. The van der Waals surface area contributed by atoms with Crippen LogP contribution in [0.25, 0.3) is 0 Å². The number of halogens is 2. The molecule has 39 heavy (non-hydrogen) atoms. The van der Waals surface area contributed by atoms with Crippen molar-refractivity contribution in [2.75, 3.05) is 0 Å². The Hall–Kier alpha value is -3.72. The molecular formula is C30H33F2N3O4. The van der Waals surface area contributed by atoms with E-state index in [1.165, 1.54) is 16.8 Å². The number of rotatable bonds is 8. The van der Waals surface area contributed by atoms with E-state index in [0.717, 1.165) is 11.6 Å². The van der Waals surface area contributed by atoms with Gasteiger partial charge in [-0.25, -0.2) is 13.5 Å². The molecule has 1 aliphatic rings. The molecule has 3 atom stereocenters. The van der Waals surface area contributed by atoms with E-state index in [0.29, 0.717) is 12.1 Å². The molecule has 1 saturated heterocycles. The van der Waals surface area contributed by atoms with Crippen LogP contribution in [0.2, 0.25) is 0 Å². The number of Topliss-reactive ketones (excluding diaryl/α,β-unsaturated/α-hetero) is 1. The SMILES string of the molecule is C=C1C(=O)[C@](C)(C(=O)OCc2ccccc2)[C@@H](CCc2cn(Cc3ccc(F)cc3F)nn2)O[C@H]1C(C)(C)C. The molecular weight excluding hydrogens is 504 g/mol. The molecule has 0 bridgehead atoms. The van der Waals surface area contributed by atoms with Gasteiger partial charge in [-0.2, -0.15) is 0 Å². The molecule has 2 aromatic carbocycles. The lowest BCUT2D eigenvalue weighted by Gasteiger charge is -2.46. The van der Waals surface area contributed by atoms with E-state index >= 15 is 0 Å². The van der Waals surface area contributed by atoms with Gasteiger partial charge in [0, 0.05) is 23.4 Å². The smallest absolute Gasteiger partial charge is 0.322 e. The van der Waals surface area contributed by atoms with Crippen molar-refractivity contribution in [3.05, 3.63) is 95.3 Å². The third-order valence-electron chi connectivity index (χ3n) is 7.04. The number of hydrogen-bond acceptors (Lipinski definition) is 6. The van der Waals surface area contributed by atoms with Crippen LogP contribution in [0.5, 0.6) is 0 Å². The fourth-order valence-corrected chi connectivity index (χ4v) is 4.80. The fourth-order valence-electron chi connectivity index (χ4n) is 4.80. The van der Waals surface area contributed by atoms with Gasteiger partial charge in [0.25, 0.3) is 0 Å². The van der Waals surface area contributed by atoms with Gasteiger partial charge in [-0.1, -0.05) is 69.0 Å². The Labute approximate surface area is 226 Å². The summed E-state index contributed by atoms with van der Waals surface area (Å²) in [6, 6.07) is 12.6. The maximum absolute atomic E-state index is 14.1. The van der Waals surface area contributed by atoms with Crippen molar-refractivity contribution in [3.8, 4) is 0 Å². The molecule has 206 valence electrons. The summed E-state index contributed by atoms with van der Waals surface area (Å²) in [4.78, 5) is 27.1. The molecule has 0 saturated carbocycles. The minimum atomic E-state index is -1.60. The summed E-state index contributed by atoms with van der Waals surface area (Å²) in [7, 11) is 0. The Morgan fingerprint density at radius 1 is 1.18 bits per heavy atom. The number of ketones is 1. The van der Waals surface area contributed by atoms with Crippen LogP contribution in [0, 0.1) is 22.5 Å². The average molecular weight is 538 g/mol. The quantitative estimate of drug-likeness (QED) is 0.222. The summed E-state index contributed by atoms with van der Waals surface area (Å²) in [6.07, 6.45) is 0.893. The molecule has 0 aliphatic carbocycles. The zero-order chi connectivity index (χ0) is 28.4. The van der Waals surface area contributed by atoms with E-state index in [1.807, 2.05) is 51.1 Å². The van der Waals surface area contributed by atoms with Crippen LogP contribution in [0.3, 0.4) is 0 Å². The highest BCUT2D eigenvalue weighted by atomic mass is 19.1. The summed E-state index contributed by atoms with van der Waals surface area (Å²) < 4.78 is 40.8. The Balaban J connectivity index is 1.52. The molecule has 9 heteroatoms. The van der Waals surface area contributed by atoms with Gasteiger partial charge in [-0.3, -0.25) is 9.59 Å². The van der Waals surface area contributed by atoms with E-state index in [-0.39, 0.29) is 30.7 Å². The van der Waals surface area contributed by atoms with E-state index in [2.05, 4.69) is 16.9 Å². The highest BCUT2D eigenvalue weighted by Gasteiger charge is 2.57. The van der Waals surface area contributed by atoms with Crippen molar-refractivity contribution in [2.45, 2.75) is 65.9 Å². The molecule has 1 fully saturated rings. The molecule has 7 nitrogen and oxygen atoms in total. The van der Waals surface area contributed by atoms with Gasteiger partial charge in [-0.15, -0.1) is 5.10 Å². The molecule has 1 aromatic heterocycles. The van der Waals surface area contributed by atoms with Gasteiger partial charge < -0.3 is 9.47 Å². The Bertz CT molecular complexity index is 1370. The van der Waals surface area contributed by atoms with Gasteiger partial charge in [0.05, 0.1) is 24.4 Å². The summed E-state index contributed by atoms with van der Waals surface area (Å²) in [5.74, 6) is -2.39. The Morgan fingerprint density at radius 3 is 2.56 bits per heavy atom. The van der Waals surface area contributed by atoms with Crippen LogP contribution >= 0.6 is 0 Å². The minimum absolute atomic E-state index is 0.0265. The molecule has 0 radical (unpaired) electrons. The second-order valence-corrected chi connectivity index (χ2v) is 11.2. The first kappa shape index (κ1) is 28.3. The lowest BCUT2D eigenvalue weighted by Crippen LogP contribution is -2.58. The number of ether oxygens (including phenoxy) is 2. The first-order valence-corrected chi connectivity index (χ1v) is 12.8. The van der Waals surface area contributed by atoms with Crippen LogP contribution in [0.1, 0.15) is 50.9 Å². The highest BCUT2D eigenvalue weighted by molar-refractivity contribution is 6.13. The number of nitrogens with zero attached hydrogens (tertiary/aromatic N) is 3. The third kappa shape index (κ3) is 6.14. The van der Waals surface area contributed by atoms with E-state index in [9.17, 15) is 18.4 Å². The van der Waals surface area contributed by atoms with Crippen LogP contribution in [-0.2, 0) is 38.6 Å². The maximum atomic E-state index is 14.1. The minimum Gasteiger partial charge on any atom is -0.460 e. The normalized spacial score (nSPS) is 21.7. The van der Waals surface area contributed by atoms with E-state index < -0.39 is 46.4 Å². The largest absolute Gasteiger partial charge is 0.460 e. The van der Waals surface area contributed by atoms with E-state index in [4.69, 9.17) is 9.47 Å². The second kappa shape index (κ2) is 11.2. The highest BCUT2D eigenvalue weighted by Crippen LogP contribution is 2.44. The van der Waals surface area contributed by atoms with Crippen LogP contribution in [-0.4, -0.2) is 39.0 Å². The van der Waals surface area contributed by atoms with Crippen LogP contribution in [0.4, 0.5) is 8.78 Å². The van der Waals surface area contributed by atoms with Gasteiger partial charge in [0.1, 0.15) is 18.2 Å². The van der Waals surface area contributed by atoms with Crippen molar-refractivity contribution in [2.24, 2.45) is 10.8 Å². The number of hydrogen-bond donors (Lipinski definition) is 0. The van der Waals surface area contributed by atoms with Crippen LogP contribution < -0.4 is 0 Å². The topological polar surface area (TPSA) is 83.3 Å². The summed E-state index contributed by atoms with van der Waals surface area (Å²) >= 11 is 0. The maximum Gasteiger partial charge on any atom is 0.322 e. The van der Waals surface area contributed by atoms with Crippen molar-refractivity contribution in [1.82, 2.24) is 15.0 Å². The molecule has 3 aromatic rings. The second-order valence-electron chi connectivity index (χ2n) is 11.2. The number of benzene rings is 2. The number of esters is 1. The lowest BCUT2D eigenvalue weighted by atomic mass is 9.69. The van der Waals surface area contributed by atoms with Gasteiger partial charge in [0.2, 0.25) is 0 Å². The standard InChI is InChI=1S/C30H33F2N3O4/c1-19-26(36)30(5,28(37)38-18-20-9-7-6-8-10-20)25(39-27(19)29(2,3)4)14-13-23-17-35(34-33-23)16-21-11-12-22(31)15-24(21)32/h6-12,15,17,25,27H,1,13-14,16,18H2,2-5H3/t25-,27-,30-/m1/s1. The predicted molar refractivity (Wildman–Crippen MR) is 140 cm³/mol. The molecule has 1 aliphatic heterocycles. The number of aromatic nitrogens is 3. The number of carbonyl (C=O) groups is 2. The number of aryl methyl sites for hydroxylation is 1. The Kier molecular flexibility index (Phi) is 8.11. The summed E-state index contributed by atoms with van der Waals surface area (Å²) in [6.45, 7) is 11.5. The molecule has 4 rings (SSSR count). The summed E-state index contributed by atoms with van der Waals surface area (Å²) in [5.41, 5.74) is -0.135. The summed E-state index contributed by atoms with van der Waals surface area (Å²) in [5, 5.41) is 8.20. The van der Waals surface area contributed by atoms with Gasteiger partial charge >= 0.3 is 5.97 Å². The monoisotopic (exact) mass is 537 g/mol. The predicted octanol–water partition coefficient (Wildman–Crippen LogP) is 5.23. The average Bonchev–Trinajstić information content (AvgIpc) is 3.34. The van der Waals surface area contributed by atoms with Crippen LogP contribution in [0.15, 0.2) is 66.9 Å². The van der Waals surface area contributed by atoms with Gasteiger partial charge in [0.15, 0.2) is 11.2 Å². The first-order valence-electron chi connectivity index (χ1n) is 12.8. The molecule has 0 N–H and O–H groups in total. The fraction of sp³-hybridized carbons (Fsp3) is 0.400. The van der Waals surface area contributed by atoms with E-state index in [1.54, 1.807) is 13.1 Å². The van der Waals surface area contributed by atoms with Gasteiger partial charge in [-0.05, 0) is 36.8 Å². The molecule has 0 spiro atoms. The molecule has 0 amide bonds. The number of carbonyl (C=O) groups excluding carboxylic acids is 2.